The van der Waals surface area contributed by atoms with Crippen molar-refractivity contribution < 1.29 is 4.74 Å². The topological polar surface area (TPSA) is 61.0 Å². The van der Waals surface area contributed by atoms with Crippen LogP contribution in [0.1, 0.15) is 37.2 Å². The van der Waals surface area contributed by atoms with Crippen LogP contribution in [-0.2, 0) is 12.8 Å². The van der Waals surface area contributed by atoms with Gasteiger partial charge in [-0.15, -0.1) is 0 Å². The lowest BCUT2D eigenvalue weighted by atomic mass is 10.1. The maximum atomic E-state index is 6.12. The molecule has 0 aliphatic rings. The van der Waals surface area contributed by atoms with Crippen molar-refractivity contribution in [3.63, 3.8) is 0 Å². The number of halogens is 1. The van der Waals surface area contributed by atoms with Gasteiger partial charge in [0.25, 0.3) is 0 Å². The summed E-state index contributed by atoms with van der Waals surface area (Å²) in [6, 6.07) is 5.60. The highest BCUT2D eigenvalue weighted by atomic mass is 35.5. The van der Waals surface area contributed by atoms with Gasteiger partial charge in [0, 0.05) is 11.4 Å². The summed E-state index contributed by atoms with van der Waals surface area (Å²) in [4.78, 5) is 8.73. The van der Waals surface area contributed by atoms with Gasteiger partial charge < -0.3 is 10.5 Å². The molecule has 2 aromatic rings. The Kier molecular flexibility index (Phi) is 5.02. The number of hydrogen-bond acceptors (Lipinski definition) is 4. The summed E-state index contributed by atoms with van der Waals surface area (Å²) in [6.45, 7) is 5.99. The fraction of sp³-hybridized carbons (Fsp3) is 0.375. The van der Waals surface area contributed by atoms with Crippen molar-refractivity contribution in [1.82, 2.24) is 9.97 Å². The Bertz CT molecular complexity index is 644. The van der Waals surface area contributed by atoms with Crippen LogP contribution < -0.4 is 10.5 Å². The summed E-state index contributed by atoms with van der Waals surface area (Å²) in [5, 5.41) is 0.746. The minimum Gasteiger partial charge on any atom is -0.439 e. The SMILES string of the molecule is CCCc1nc(N)c(C)c(Oc2ccc(Cl)c(CC)c2)n1. The van der Waals surface area contributed by atoms with E-state index in [1.165, 1.54) is 0 Å². The number of nitrogens with two attached hydrogens (primary N) is 1. The van der Waals surface area contributed by atoms with Crippen LogP contribution in [0.3, 0.4) is 0 Å². The zero-order valence-electron chi connectivity index (χ0n) is 12.6. The summed E-state index contributed by atoms with van der Waals surface area (Å²) in [6.07, 6.45) is 2.59. The van der Waals surface area contributed by atoms with Crippen LogP contribution in [0.2, 0.25) is 5.02 Å². The Morgan fingerprint density at radius 1 is 1.24 bits per heavy atom. The number of aromatic nitrogens is 2. The van der Waals surface area contributed by atoms with Crippen LogP contribution in [0.5, 0.6) is 11.6 Å². The van der Waals surface area contributed by atoms with E-state index in [-0.39, 0.29) is 0 Å². The number of aryl methyl sites for hydroxylation is 2. The highest BCUT2D eigenvalue weighted by Gasteiger charge is 2.11. The van der Waals surface area contributed by atoms with E-state index in [0.717, 1.165) is 35.4 Å². The molecule has 1 heterocycles. The molecular weight excluding hydrogens is 286 g/mol. The van der Waals surface area contributed by atoms with Crippen molar-refractivity contribution >= 4 is 17.4 Å². The van der Waals surface area contributed by atoms with Crippen LogP contribution >= 0.6 is 11.6 Å². The summed E-state index contributed by atoms with van der Waals surface area (Å²) in [5.41, 5.74) is 7.73. The predicted molar refractivity (Wildman–Crippen MR) is 86.1 cm³/mol. The number of nitrogens with zero attached hydrogens (tertiary/aromatic N) is 2. The third-order valence-corrected chi connectivity index (χ3v) is 3.64. The maximum Gasteiger partial charge on any atom is 0.227 e. The van der Waals surface area contributed by atoms with E-state index >= 15 is 0 Å². The summed E-state index contributed by atoms with van der Waals surface area (Å²) in [5.74, 6) is 2.39. The highest BCUT2D eigenvalue weighted by molar-refractivity contribution is 6.31. The molecular formula is C16H20ClN3O. The first kappa shape index (κ1) is 15.6. The Labute approximate surface area is 130 Å². The lowest BCUT2D eigenvalue weighted by Gasteiger charge is -2.12. The molecule has 0 bridgehead atoms. The minimum absolute atomic E-state index is 0.466. The number of rotatable bonds is 5. The molecule has 1 aromatic heterocycles. The summed E-state index contributed by atoms with van der Waals surface area (Å²) >= 11 is 6.12. The van der Waals surface area contributed by atoms with Gasteiger partial charge >= 0.3 is 0 Å². The largest absolute Gasteiger partial charge is 0.439 e. The van der Waals surface area contributed by atoms with E-state index in [9.17, 15) is 0 Å². The van der Waals surface area contributed by atoms with Crippen molar-refractivity contribution in [1.29, 1.82) is 0 Å². The van der Waals surface area contributed by atoms with Gasteiger partial charge in [-0.1, -0.05) is 25.4 Å². The number of nitrogen functional groups attached to an aromatic ring is 1. The molecule has 0 atom stereocenters. The molecule has 0 spiro atoms. The van der Waals surface area contributed by atoms with E-state index in [4.69, 9.17) is 22.1 Å². The van der Waals surface area contributed by atoms with Gasteiger partial charge in [0.05, 0.1) is 5.56 Å². The zero-order chi connectivity index (χ0) is 15.4. The van der Waals surface area contributed by atoms with Crippen LogP contribution in [0.25, 0.3) is 0 Å². The standard InChI is InChI=1S/C16H20ClN3O/c1-4-6-14-19-15(18)10(3)16(20-14)21-12-7-8-13(17)11(5-2)9-12/h7-9H,4-6H2,1-3H3,(H2,18,19,20). The number of hydrogen-bond donors (Lipinski definition) is 1. The molecule has 4 nitrogen and oxygen atoms in total. The van der Waals surface area contributed by atoms with Crippen molar-refractivity contribution in [2.45, 2.75) is 40.0 Å². The second-order valence-electron chi connectivity index (χ2n) is 4.91. The number of benzene rings is 1. The van der Waals surface area contributed by atoms with E-state index in [0.29, 0.717) is 23.3 Å². The van der Waals surface area contributed by atoms with Gasteiger partial charge in [-0.3, -0.25) is 0 Å². The fourth-order valence-electron chi connectivity index (χ4n) is 1.99. The molecule has 0 radical (unpaired) electrons. The molecule has 0 fully saturated rings. The Morgan fingerprint density at radius 2 is 2.00 bits per heavy atom. The Balaban J connectivity index is 2.34. The van der Waals surface area contributed by atoms with Crippen molar-refractivity contribution in [2.24, 2.45) is 0 Å². The smallest absolute Gasteiger partial charge is 0.227 e. The monoisotopic (exact) mass is 305 g/mol. The molecule has 0 saturated heterocycles. The zero-order valence-corrected chi connectivity index (χ0v) is 13.4. The quantitative estimate of drug-likeness (QED) is 0.893. The third-order valence-electron chi connectivity index (χ3n) is 3.27. The molecule has 0 aliphatic heterocycles. The Hall–Kier alpha value is -1.81. The average Bonchev–Trinajstić information content (AvgIpc) is 2.46. The minimum atomic E-state index is 0.466. The maximum absolute atomic E-state index is 6.12. The van der Waals surface area contributed by atoms with E-state index < -0.39 is 0 Å². The average molecular weight is 306 g/mol. The molecule has 1 aromatic carbocycles. The van der Waals surface area contributed by atoms with Crippen LogP contribution in [-0.4, -0.2) is 9.97 Å². The van der Waals surface area contributed by atoms with Gasteiger partial charge in [0.1, 0.15) is 17.4 Å². The lowest BCUT2D eigenvalue weighted by molar-refractivity contribution is 0.454. The van der Waals surface area contributed by atoms with Gasteiger partial charge in [-0.2, -0.15) is 4.98 Å². The van der Waals surface area contributed by atoms with Gasteiger partial charge in [0.2, 0.25) is 5.88 Å². The van der Waals surface area contributed by atoms with E-state index in [1.54, 1.807) is 0 Å². The molecule has 112 valence electrons. The van der Waals surface area contributed by atoms with Gasteiger partial charge in [-0.05, 0) is 43.5 Å². The summed E-state index contributed by atoms with van der Waals surface area (Å²) in [7, 11) is 0. The van der Waals surface area contributed by atoms with Crippen LogP contribution in [0.4, 0.5) is 5.82 Å². The van der Waals surface area contributed by atoms with Gasteiger partial charge in [0.15, 0.2) is 0 Å². The highest BCUT2D eigenvalue weighted by Crippen LogP contribution is 2.29. The predicted octanol–water partition coefficient (Wildman–Crippen LogP) is 4.33. The van der Waals surface area contributed by atoms with Crippen LogP contribution in [0, 0.1) is 6.92 Å². The number of anilines is 1. The first-order valence-electron chi connectivity index (χ1n) is 7.14. The lowest BCUT2D eigenvalue weighted by Crippen LogP contribution is -2.05. The van der Waals surface area contributed by atoms with Crippen LogP contribution in [0.15, 0.2) is 18.2 Å². The summed E-state index contributed by atoms with van der Waals surface area (Å²) < 4.78 is 5.88. The molecule has 0 saturated carbocycles. The fourth-order valence-corrected chi connectivity index (χ4v) is 2.24. The first-order valence-corrected chi connectivity index (χ1v) is 7.52. The second kappa shape index (κ2) is 6.76. The molecule has 2 rings (SSSR count). The van der Waals surface area contributed by atoms with Gasteiger partial charge in [-0.25, -0.2) is 4.98 Å². The molecule has 0 aliphatic carbocycles. The number of ether oxygens (including phenoxy) is 1. The molecule has 2 N–H and O–H groups in total. The second-order valence-corrected chi connectivity index (χ2v) is 5.32. The molecule has 0 amide bonds. The van der Waals surface area contributed by atoms with Crippen molar-refractivity contribution in [3.8, 4) is 11.6 Å². The third kappa shape index (κ3) is 3.64. The van der Waals surface area contributed by atoms with E-state index in [1.807, 2.05) is 25.1 Å². The van der Waals surface area contributed by atoms with Crippen molar-refractivity contribution in [2.75, 3.05) is 5.73 Å². The van der Waals surface area contributed by atoms with E-state index in [2.05, 4.69) is 23.8 Å². The molecule has 21 heavy (non-hydrogen) atoms. The normalized spacial score (nSPS) is 10.7. The molecule has 5 heteroatoms. The van der Waals surface area contributed by atoms with Crippen molar-refractivity contribution in [3.05, 3.63) is 40.2 Å². The molecule has 0 unspecified atom stereocenters. The first-order chi connectivity index (χ1) is 10.0. The Morgan fingerprint density at radius 3 is 2.67 bits per heavy atom.